The van der Waals surface area contributed by atoms with Gasteiger partial charge in [0, 0.05) is 16.2 Å². The van der Waals surface area contributed by atoms with Gasteiger partial charge in [-0.15, -0.1) is 0 Å². The minimum atomic E-state index is -2.90. The first-order chi connectivity index (χ1) is 6.07. The lowest BCUT2D eigenvalue weighted by Crippen LogP contribution is -2.14. The molecule has 0 saturated heterocycles. The van der Waals surface area contributed by atoms with Crippen molar-refractivity contribution in [2.45, 2.75) is 6.43 Å². The molecule has 3 nitrogen and oxygen atoms in total. The van der Waals surface area contributed by atoms with Gasteiger partial charge in [0.05, 0.1) is 5.56 Å². The number of nitrogens with one attached hydrogen (secondary N) is 1. The molecule has 0 aliphatic rings. The van der Waals surface area contributed by atoms with Gasteiger partial charge in [0.1, 0.15) is 0 Å². The number of aldehydes is 1. The van der Waals surface area contributed by atoms with Gasteiger partial charge in [-0.05, 0) is 15.9 Å². The number of aromatic amines is 1. The van der Waals surface area contributed by atoms with Crippen LogP contribution in [-0.2, 0) is 0 Å². The Labute approximate surface area is 79.9 Å². The first kappa shape index (κ1) is 10.0. The number of aromatic nitrogens is 1. The van der Waals surface area contributed by atoms with Gasteiger partial charge in [-0.25, -0.2) is 8.78 Å². The van der Waals surface area contributed by atoms with Crippen molar-refractivity contribution >= 4 is 22.2 Å². The van der Waals surface area contributed by atoms with Crippen molar-refractivity contribution in [1.29, 1.82) is 0 Å². The van der Waals surface area contributed by atoms with Crippen LogP contribution in [-0.4, -0.2) is 11.3 Å². The lowest BCUT2D eigenvalue weighted by molar-refractivity contribution is 0.112. The molecule has 13 heavy (non-hydrogen) atoms. The van der Waals surface area contributed by atoms with E-state index < -0.39 is 17.5 Å². The van der Waals surface area contributed by atoms with E-state index in [1.807, 2.05) is 4.98 Å². The van der Waals surface area contributed by atoms with E-state index in [0.717, 1.165) is 6.20 Å². The second-order valence-corrected chi connectivity index (χ2v) is 3.01. The number of carbonyl (C=O) groups is 1. The Kier molecular flexibility index (Phi) is 2.92. The summed E-state index contributed by atoms with van der Waals surface area (Å²) in [6, 6.07) is 0. The minimum absolute atomic E-state index is 0.00472. The first-order valence-electron chi connectivity index (χ1n) is 3.22. The predicted molar refractivity (Wildman–Crippen MR) is 45.1 cm³/mol. The molecule has 0 spiro atoms. The summed E-state index contributed by atoms with van der Waals surface area (Å²) in [7, 11) is 0. The molecule has 0 radical (unpaired) electrons. The maximum atomic E-state index is 12.2. The predicted octanol–water partition coefficient (Wildman–Crippen LogP) is 1.89. The lowest BCUT2D eigenvalue weighted by Gasteiger charge is -2.02. The normalized spacial score (nSPS) is 10.5. The number of hydrogen-bond acceptors (Lipinski definition) is 2. The monoisotopic (exact) mass is 251 g/mol. The van der Waals surface area contributed by atoms with Crippen LogP contribution in [0.3, 0.4) is 0 Å². The van der Waals surface area contributed by atoms with E-state index in [1.54, 1.807) is 0 Å². The zero-order valence-electron chi connectivity index (χ0n) is 6.18. The summed E-state index contributed by atoms with van der Waals surface area (Å²) in [4.78, 5) is 23.2. The lowest BCUT2D eigenvalue weighted by atomic mass is 10.2. The van der Waals surface area contributed by atoms with Gasteiger partial charge < -0.3 is 4.98 Å². The molecule has 0 aliphatic heterocycles. The fourth-order valence-corrected chi connectivity index (χ4v) is 1.38. The average molecular weight is 252 g/mol. The van der Waals surface area contributed by atoms with E-state index in [9.17, 15) is 18.4 Å². The number of rotatable bonds is 2. The minimum Gasteiger partial charge on any atom is -0.328 e. The highest BCUT2D eigenvalue weighted by atomic mass is 79.9. The number of H-pyrrole nitrogens is 1. The standard InChI is InChI=1S/C7H4BrF2NO2/c8-5-3(2-12)1-11-7(13)4(5)6(9)10/h1-2,6H,(H,11,13). The number of carbonyl (C=O) groups excluding carboxylic acids is 1. The van der Waals surface area contributed by atoms with E-state index in [-0.39, 0.29) is 10.0 Å². The molecule has 0 aromatic carbocycles. The molecule has 0 atom stereocenters. The van der Waals surface area contributed by atoms with E-state index >= 15 is 0 Å². The third-order valence-electron chi connectivity index (χ3n) is 1.44. The number of alkyl halides is 2. The molecular formula is C7H4BrF2NO2. The van der Waals surface area contributed by atoms with Gasteiger partial charge in [-0.1, -0.05) is 0 Å². The Morgan fingerprint density at radius 3 is 2.62 bits per heavy atom. The van der Waals surface area contributed by atoms with Crippen LogP contribution in [0.5, 0.6) is 0 Å². The maximum absolute atomic E-state index is 12.2. The summed E-state index contributed by atoms with van der Waals surface area (Å²) in [5.41, 5.74) is -1.62. The summed E-state index contributed by atoms with van der Waals surface area (Å²) < 4.78 is 24.3. The fraction of sp³-hybridized carbons (Fsp3) is 0.143. The quantitative estimate of drug-likeness (QED) is 0.817. The van der Waals surface area contributed by atoms with Gasteiger partial charge in [0.2, 0.25) is 0 Å². The van der Waals surface area contributed by atoms with Crippen molar-refractivity contribution in [1.82, 2.24) is 4.98 Å². The average Bonchev–Trinajstić information content (AvgIpc) is 2.04. The highest BCUT2D eigenvalue weighted by Gasteiger charge is 2.18. The van der Waals surface area contributed by atoms with Crippen LogP contribution in [0.2, 0.25) is 0 Å². The van der Waals surface area contributed by atoms with E-state index in [0.29, 0.717) is 6.29 Å². The van der Waals surface area contributed by atoms with Gasteiger partial charge >= 0.3 is 0 Å². The molecule has 0 fully saturated rings. The molecular weight excluding hydrogens is 248 g/mol. The molecule has 1 N–H and O–H groups in total. The summed E-state index contributed by atoms with van der Waals surface area (Å²) in [5, 5.41) is 0. The summed E-state index contributed by atoms with van der Waals surface area (Å²) in [5.74, 6) is 0. The van der Waals surface area contributed by atoms with Crippen molar-refractivity contribution in [3.05, 3.63) is 32.2 Å². The summed E-state index contributed by atoms with van der Waals surface area (Å²) in [6.45, 7) is 0. The van der Waals surface area contributed by atoms with Crippen molar-refractivity contribution < 1.29 is 13.6 Å². The number of hydrogen-bond donors (Lipinski definition) is 1. The molecule has 0 bridgehead atoms. The summed E-state index contributed by atoms with van der Waals surface area (Å²) >= 11 is 2.76. The smallest absolute Gasteiger partial charge is 0.270 e. The van der Waals surface area contributed by atoms with Crippen LogP contribution in [0.15, 0.2) is 15.5 Å². The van der Waals surface area contributed by atoms with Crippen LogP contribution in [0.1, 0.15) is 22.3 Å². The second kappa shape index (κ2) is 3.78. The molecule has 0 saturated carbocycles. The molecule has 1 heterocycles. The molecule has 70 valence electrons. The molecule has 0 aliphatic carbocycles. The van der Waals surface area contributed by atoms with Gasteiger partial charge in [0.15, 0.2) is 6.29 Å². The second-order valence-electron chi connectivity index (χ2n) is 2.22. The zero-order valence-corrected chi connectivity index (χ0v) is 7.77. The summed E-state index contributed by atoms with van der Waals surface area (Å²) in [6.07, 6.45) is -1.45. The van der Waals surface area contributed by atoms with E-state index in [4.69, 9.17) is 0 Å². The molecule has 0 unspecified atom stereocenters. The van der Waals surface area contributed by atoms with Crippen molar-refractivity contribution in [3.8, 4) is 0 Å². The van der Waals surface area contributed by atoms with Crippen molar-refractivity contribution in [2.24, 2.45) is 0 Å². The van der Waals surface area contributed by atoms with Gasteiger partial charge in [0.25, 0.3) is 12.0 Å². The Morgan fingerprint density at radius 1 is 1.54 bits per heavy atom. The number of halogens is 3. The van der Waals surface area contributed by atoms with Crippen LogP contribution < -0.4 is 5.56 Å². The van der Waals surface area contributed by atoms with Crippen LogP contribution in [0.25, 0.3) is 0 Å². The molecule has 6 heteroatoms. The first-order valence-corrected chi connectivity index (χ1v) is 4.01. The highest BCUT2D eigenvalue weighted by molar-refractivity contribution is 9.10. The third kappa shape index (κ3) is 1.82. The Morgan fingerprint density at radius 2 is 2.15 bits per heavy atom. The molecule has 1 aromatic heterocycles. The largest absolute Gasteiger partial charge is 0.328 e. The highest BCUT2D eigenvalue weighted by Crippen LogP contribution is 2.25. The topological polar surface area (TPSA) is 49.9 Å². The Balaban J connectivity index is 3.47. The van der Waals surface area contributed by atoms with Crippen molar-refractivity contribution in [3.63, 3.8) is 0 Å². The van der Waals surface area contributed by atoms with Gasteiger partial charge in [-0.2, -0.15) is 0 Å². The Bertz CT molecular complexity index is 389. The maximum Gasteiger partial charge on any atom is 0.270 e. The molecule has 1 rings (SSSR count). The van der Waals surface area contributed by atoms with Crippen molar-refractivity contribution in [2.75, 3.05) is 0 Å². The zero-order chi connectivity index (χ0) is 10.0. The molecule has 1 aromatic rings. The molecule has 0 amide bonds. The van der Waals surface area contributed by atoms with Crippen LogP contribution in [0, 0.1) is 0 Å². The van der Waals surface area contributed by atoms with E-state index in [2.05, 4.69) is 15.9 Å². The SMILES string of the molecule is O=Cc1c[nH]c(=O)c(C(F)F)c1Br. The number of pyridine rings is 1. The van der Waals surface area contributed by atoms with E-state index in [1.165, 1.54) is 0 Å². The van der Waals surface area contributed by atoms with Crippen LogP contribution in [0.4, 0.5) is 8.78 Å². The van der Waals surface area contributed by atoms with Crippen LogP contribution >= 0.6 is 15.9 Å². The Hall–Kier alpha value is -1.04. The third-order valence-corrected chi connectivity index (χ3v) is 2.32. The fourth-order valence-electron chi connectivity index (χ4n) is 0.820. The van der Waals surface area contributed by atoms with Gasteiger partial charge in [-0.3, -0.25) is 9.59 Å².